The third kappa shape index (κ3) is 6.84. The first-order valence-corrected chi connectivity index (χ1v) is 11.1. The first-order chi connectivity index (χ1) is 16.3. The van der Waals surface area contributed by atoms with E-state index in [0.717, 1.165) is 6.92 Å². The molecule has 15 nitrogen and oxygen atoms in total. The largest absolute Gasteiger partial charge is 0.394 e. The maximum Gasteiger partial charge on any atom is 0.217 e. The van der Waals surface area contributed by atoms with E-state index in [1.54, 1.807) is 0 Å². The highest BCUT2D eigenvalue weighted by molar-refractivity contribution is 5.73. The van der Waals surface area contributed by atoms with Crippen LogP contribution in [0.4, 0.5) is 0 Å². The summed E-state index contributed by atoms with van der Waals surface area (Å²) in [6.45, 7) is 1.47. The fraction of sp³-hybridized carbons (Fsp3) is 0.950. The predicted octanol–water partition coefficient (Wildman–Crippen LogP) is -5.74. The molecule has 0 spiro atoms. The third-order valence-electron chi connectivity index (χ3n) is 6.16. The third-order valence-corrected chi connectivity index (χ3v) is 6.16. The molecule has 13 atom stereocenters. The molecule has 0 aromatic heterocycles. The van der Waals surface area contributed by atoms with Gasteiger partial charge < -0.3 is 70.2 Å². The molecule has 2 heterocycles. The molecule has 206 valence electrons. The second-order valence-corrected chi connectivity index (χ2v) is 9.05. The molecular formula is C20H37NO14. The van der Waals surface area contributed by atoms with Crippen molar-refractivity contribution in [2.24, 2.45) is 0 Å². The maximum absolute atomic E-state index is 11.7. The summed E-state index contributed by atoms with van der Waals surface area (Å²) in [5, 5.41) is 92.6. The summed E-state index contributed by atoms with van der Waals surface area (Å²) in [4.78, 5) is 11.7. The number of hydrogen-bond donors (Lipinski definition) is 10. The van der Waals surface area contributed by atoms with Crippen LogP contribution < -0.4 is 5.32 Å². The minimum atomic E-state index is -1.99. The quantitative estimate of drug-likeness (QED) is 0.130. The van der Waals surface area contributed by atoms with Crippen molar-refractivity contribution in [3.05, 3.63) is 0 Å². The summed E-state index contributed by atoms with van der Waals surface area (Å²) in [6.07, 6.45) is -17.0. The lowest BCUT2D eigenvalue weighted by atomic mass is 9.93. The van der Waals surface area contributed by atoms with Crippen LogP contribution in [0.15, 0.2) is 0 Å². The summed E-state index contributed by atoms with van der Waals surface area (Å²) in [7, 11) is 0. The Morgan fingerprint density at radius 3 is 2.14 bits per heavy atom. The fourth-order valence-corrected chi connectivity index (χ4v) is 3.93. The average Bonchev–Trinajstić information content (AvgIpc) is 2.82. The molecule has 35 heavy (non-hydrogen) atoms. The van der Waals surface area contributed by atoms with E-state index in [1.165, 1.54) is 13.8 Å². The Hall–Kier alpha value is -1.05. The lowest BCUT2D eigenvalue weighted by molar-refractivity contribution is -0.340. The van der Waals surface area contributed by atoms with E-state index in [9.17, 15) is 50.8 Å². The first-order valence-electron chi connectivity index (χ1n) is 11.1. The second-order valence-electron chi connectivity index (χ2n) is 9.05. The molecule has 0 saturated carbocycles. The van der Waals surface area contributed by atoms with Crippen molar-refractivity contribution < 1.29 is 69.7 Å². The lowest BCUT2D eigenvalue weighted by Crippen LogP contribution is -2.67. The van der Waals surface area contributed by atoms with Gasteiger partial charge in [-0.05, 0) is 13.8 Å². The highest BCUT2D eigenvalue weighted by Crippen LogP contribution is 2.30. The maximum atomic E-state index is 11.7. The van der Waals surface area contributed by atoms with Crippen molar-refractivity contribution in [1.29, 1.82) is 0 Å². The predicted molar refractivity (Wildman–Crippen MR) is 112 cm³/mol. The Bertz CT molecular complexity index is 686. The Labute approximate surface area is 201 Å². The SMILES string of the molecule is CC(=O)NC1C(OC(C)(COC2OC(C)C(O)C(O)C2O)C(O)C(O)CO)OC(CO)C(O)C1O. The van der Waals surface area contributed by atoms with Crippen LogP contribution in [-0.2, 0) is 23.7 Å². The van der Waals surface area contributed by atoms with Gasteiger partial charge in [0.1, 0.15) is 60.5 Å². The number of carbonyl (C=O) groups is 1. The molecule has 2 rings (SSSR count). The Kier molecular flexibility index (Phi) is 10.7. The van der Waals surface area contributed by atoms with Crippen LogP contribution >= 0.6 is 0 Å². The second kappa shape index (κ2) is 12.5. The van der Waals surface area contributed by atoms with Crippen LogP contribution in [0, 0.1) is 0 Å². The molecule has 15 heteroatoms. The van der Waals surface area contributed by atoms with E-state index < -0.39 is 105 Å². The van der Waals surface area contributed by atoms with Gasteiger partial charge in [-0.15, -0.1) is 0 Å². The molecule has 0 aromatic rings. The molecule has 2 aliphatic heterocycles. The fourth-order valence-electron chi connectivity index (χ4n) is 3.93. The van der Waals surface area contributed by atoms with Gasteiger partial charge in [-0.25, -0.2) is 0 Å². The number of aliphatic hydroxyl groups excluding tert-OH is 9. The molecule has 0 bridgehead atoms. The molecule has 1 amide bonds. The van der Waals surface area contributed by atoms with Gasteiger partial charge >= 0.3 is 0 Å². The van der Waals surface area contributed by atoms with Crippen molar-refractivity contribution in [3.8, 4) is 0 Å². The van der Waals surface area contributed by atoms with Gasteiger partial charge in [0.25, 0.3) is 0 Å². The molecule has 2 fully saturated rings. The molecular weight excluding hydrogens is 478 g/mol. The van der Waals surface area contributed by atoms with Crippen LogP contribution in [-0.4, -0.2) is 151 Å². The first kappa shape index (κ1) is 30.2. The topological polar surface area (TPSA) is 248 Å². The Balaban J connectivity index is 2.30. The van der Waals surface area contributed by atoms with Gasteiger partial charge in [0.05, 0.1) is 25.9 Å². The molecule has 13 unspecified atom stereocenters. The van der Waals surface area contributed by atoms with Crippen LogP contribution in [0.2, 0.25) is 0 Å². The number of aliphatic hydroxyl groups is 9. The Morgan fingerprint density at radius 2 is 1.60 bits per heavy atom. The minimum absolute atomic E-state index is 0.630. The highest BCUT2D eigenvalue weighted by Gasteiger charge is 2.51. The summed E-state index contributed by atoms with van der Waals surface area (Å²) in [5.74, 6) is -0.630. The smallest absolute Gasteiger partial charge is 0.217 e. The molecule has 10 N–H and O–H groups in total. The molecule has 0 aliphatic carbocycles. The van der Waals surface area contributed by atoms with Gasteiger partial charge in [-0.3, -0.25) is 4.79 Å². The molecule has 2 aliphatic rings. The zero-order chi connectivity index (χ0) is 26.7. The van der Waals surface area contributed by atoms with Crippen molar-refractivity contribution >= 4 is 5.91 Å². The monoisotopic (exact) mass is 515 g/mol. The van der Waals surface area contributed by atoms with Gasteiger partial charge in [-0.1, -0.05) is 0 Å². The molecule has 2 saturated heterocycles. The molecule has 0 aromatic carbocycles. The number of ether oxygens (including phenoxy) is 4. The summed E-state index contributed by atoms with van der Waals surface area (Å²) in [6, 6.07) is -1.39. The van der Waals surface area contributed by atoms with E-state index in [0.29, 0.717) is 0 Å². The van der Waals surface area contributed by atoms with Gasteiger partial charge in [0.2, 0.25) is 5.91 Å². The van der Waals surface area contributed by atoms with Crippen LogP contribution in [0.1, 0.15) is 20.8 Å². The summed E-state index contributed by atoms with van der Waals surface area (Å²) in [5.41, 5.74) is -1.99. The minimum Gasteiger partial charge on any atom is -0.394 e. The van der Waals surface area contributed by atoms with Crippen molar-refractivity contribution in [2.75, 3.05) is 19.8 Å². The molecule has 0 radical (unpaired) electrons. The lowest BCUT2D eigenvalue weighted by Gasteiger charge is -2.47. The standard InChI is InChI=1S/C20H37NO14/c1-7-12(26)15(29)16(30)19(33-7)32-6-20(3,17(31)9(25)4-22)35-18-11(21-8(2)24)14(28)13(27)10(5-23)34-18/h7,9-19,22-23,25-31H,4-6H2,1-3H3,(H,21,24). The Morgan fingerprint density at radius 1 is 0.971 bits per heavy atom. The van der Waals surface area contributed by atoms with Crippen LogP contribution in [0.25, 0.3) is 0 Å². The van der Waals surface area contributed by atoms with Gasteiger partial charge in [0.15, 0.2) is 12.6 Å². The zero-order valence-electron chi connectivity index (χ0n) is 19.6. The van der Waals surface area contributed by atoms with E-state index in [4.69, 9.17) is 18.9 Å². The van der Waals surface area contributed by atoms with E-state index in [-0.39, 0.29) is 0 Å². The van der Waals surface area contributed by atoms with Crippen LogP contribution in [0.5, 0.6) is 0 Å². The summed E-state index contributed by atoms with van der Waals surface area (Å²) < 4.78 is 22.2. The van der Waals surface area contributed by atoms with Gasteiger partial charge in [-0.2, -0.15) is 0 Å². The number of amides is 1. The van der Waals surface area contributed by atoms with Gasteiger partial charge in [0, 0.05) is 6.92 Å². The number of carbonyl (C=O) groups excluding carboxylic acids is 1. The van der Waals surface area contributed by atoms with Crippen LogP contribution in [0.3, 0.4) is 0 Å². The van der Waals surface area contributed by atoms with E-state index in [2.05, 4.69) is 5.32 Å². The number of nitrogens with one attached hydrogen (secondary N) is 1. The van der Waals surface area contributed by atoms with Crippen molar-refractivity contribution in [3.63, 3.8) is 0 Å². The zero-order valence-corrected chi connectivity index (χ0v) is 19.6. The number of rotatable bonds is 10. The number of hydrogen-bond acceptors (Lipinski definition) is 14. The normalized spacial score (nSPS) is 41.6. The highest BCUT2D eigenvalue weighted by atomic mass is 16.7. The summed E-state index contributed by atoms with van der Waals surface area (Å²) >= 11 is 0. The average molecular weight is 516 g/mol. The van der Waals surface area contributed by atoms with Crippen molar-refractivity contribution in [1.82, 2.24) is 5.32 Å². The van der Waals surface area contributed by atoms with E-state index >= 15 is 0 Å². The van der Waals surface area contributed by atoms with E-state index in [1.807, 2.05) is 0 Å². The van der Waals surface area contributed by atoms with Crippen molar-refractivity contribution in [2.45, 2.75) is 99.9 Å².